The maximum atomic E-state index is 5.88. The van der Waals surface area contributed by atoms with Crippen LogP contribution >= 0.6 is 0 Å². The molecular formula is C9H20N2. The van der Waals surface area contributed by atoms with Crippen molar-refractivity contribution >= 4 is 0 Å². The van der Waals surface area contributed by atoms with E-state index in [1.54, 1.807) is 0 Å². The molecule has 0 saturated carbocycles. The molecule has 2 heteroatoms. The summed E-state index contributed by atoms with van der Waals surface area (Å²) in [7, 11) is 0. The number of nitrogens with zero attached hydrogens (tertiary/aromatic N) is 1. The first kappa shape index (κ1) is 9.01. The van der Waals surface area contributed by atoms with Crippen LogP contribution in [0.3, 0.4) is 0 Å². The zero-order valence-electron chi connectivity index (χ0n) is 7.88. The van der Waals surface area contributed by atoms with Crippen LogP contribution in [0.5, 0.6) is 0 Å². The van der Waals surface area contributed by atoms with Crippen LogP contribution in [-0.4, -0.2) is 29.6 Å². The first-order valence-electron chi connectivity index (χ1n) is 4.62. The minimum Gasteiger partial charge on any atom is -0.327 e. The third kappa shape index (κ3) is 2.17. The predicted octanol–water partition coefficient (Wildman–Crippen LogP) is 1.21. The van der Waals surface area contributed by atoms with Crippen LogP contribution in [0.25, 0.3) is 0 Å². The second-order valence-electron chi connectivity index (χ2n) is 3.98. The number of nitrogens with two attached hydrogens (primary N) is 1. The Hall–Kier alpha value is -0.0800. The Bertz CT molecular complexity index is 123. The van der Waals surface area contributed by atoms with Gasteiger partial charge in [0.2, 0.25) is 0 Å². The average Bonchev–Trinajstić information content (AvgIpc) is 1.94. The van der Waals surface area contributed by atoms with Gasteiger partial charge in [-0.25, -0.2) is 0 Å². The molecule has 0 aromatic heterocycles. The van der Waals surface area contributed by atoms with Gasteiger partial charge < -0.3 is 5.73 Å². The van der Waals surface area contributed by atoms with Gasteiger partial charge in [0, 0.05) is 24.7 Å². The summed E-state index contributed by atoms with van der Waals surface area (Å²) in [5, 5.41) is 0. The number of hydrogen-bond acceptors (Lipinski definition) is 2. The molecule has 2 atom stereocenters. The van der Waals surface area contributed by atoms with Crippen molar-refractivity contribution in [2.24, 2.45) is 5.73 Å². The Morgan fingerprint density at radius 2 is 2.00 bits per heavy atom. The van der Waals surface area contributed by atoms with Crippen LogP contribution in [0, 0.1) is 0 Å². The molecule has 0 bridgehead atoms. The number of likely N-dealkylation sites (tertiary alicyclic amines) is 1. The van der Waals surface area contributed by atoms with Crippen molar-refractivity contribution in [2.75, 3.05) is 6.54 Å². The summed E-state index contributed by atoms with van der Waals surface area (Å²) >= 11 is 0. The number of hydrogen-bond donors (Lipinski definition) is 1. The molecular weight excluding hydrogens is 136 g/mol. The highest BCUT2D eigenvalue weighted by Crippen LogP contribution is 2.17. The van der Waals surface area contributed by atoms with Gasteiger partial charge in [0.05, 0.1) is 0 Å². The van der Waals surface area contributed by atoms with Gasteiger partial charge in [-0.15, -0.1) is 0 Å². The van der Waals surface area contributed by atoms with E-state index in [9.17, 15) is 0 Å². The lowest BCUT2D eigenvalue weighted by atomic mass is 9.99. The Labute approximate surface area is 69.8 Å². The molecule has 66 valence electrons. The monoisotopic (exact) mass is 156 g/mol. The number of piperidine rings is 1. The summed E-state index contributed by atoms with van der Waals surface area (Å²) in [5.74, 6) is 0. The summed E-state index contributed by atoms with van der Waals surface area (Å²) in [5.41, 5.74) is 5.88. The molecule has 1 rings (SSSR count). The smallest absolute Gasteiger partial charge is 0.0168 e. The molecule has 2 N–H and O–H groups in total. The lowest BCUT2D eigenvalue weighted by Crippen LogP contribution is -2.50. The highest BCUT2D eigenvalue weighted by Gasteiger charge is 2.24. The van der Waals surface area contributed by atoms with Crippen molar-refractivity contribution in [1.82, 2.24) is 4.90 Å². The Morgan fingerprint density at radius 1 is 1.36 bits per heavy atom. The summed E-state index contributed by atoms with van der Waals surface area (Å²) in [6.45, 7) is 7.87. The summed E-state index contributed by atoms with van der Waals surface area (Å²) in [6.07, 6.45) is 2.46. The predicted molar refractivity (Wildman–Crippen MR) is 48.5 cm³/mol. The zero-order valence-corrected chi connectivity index (χ0v) is 7.88. The molecule has 2 nitrogen and oxygen atoms in total. The second-order valence-corrected chi connectivity index (χ2v) is 3.98. The van der Waals surface area contributed by atoms with Gasteiger partial charge in [0.15, 0.2) is 0 Å². The van der Waals surface area contributed by atoms with Crippen molar-refractivity contribution in [1.29, 1.82) is 0 Å². The standard InChI is InChI=1S/C9H20N2/c1-7(2)11-6-9(10)5-4-8(11)3/h7-9H,4-6,10H2,1-3H3/t8-,9-/m1/s1. The van der Waals surface area contributed by atoms with Crippen molar-refractivity contribution in [2.45, 2.75) is 51.7 Å². The van der Waals surface area contributed by atoms with Crippen molar-refractivity contribution in [3.63, 3.8) is 0 Å². The third-order valence-electron chi connectivity index (χ3n) is 2.63. The van der Waals surface area contributed by atoms with Gasteiger partial charge in [-0.2, -0.15) is 0 Å². The average molecular weight is 156 g/mol. The van der Waals surface area contributed by atoms with E-state index in [1.807, 2.05) is 0 Å². The van der Waals surface area contributed by atoms with Gasteiger partial charge in [0.25, 0.3) is 0 Å². The highest BCUT2D eigenvalue weighted by molar-refractivity contribution is 4.82. The van der Waals surface area contributed by atoms with E-state index in [-0.39, 0.29) is 0 Å². The van der Waals surface area contributed by atoms with Crippen LogP contribution in [0.4, 0.5) is 0 Å². The Kier molecular flexibility index (Phi) is 2.90. The molecule has 0 amide bonds. The van der Waals surface area contributed by atoms with Crippen LogP contribution in [0.2, 0.25) is 0 Å². The molecule has 0 aliphatic carbocycles. The maximum Gasteiger partial charge on any atom is 0.0168 e. The van der Waals surface area contributed by atoms with E-state index in [1.165, 1.54) is 12.8 Å². The van der Waals surface area contributed by atoms with E-state index < -0.39 is 0 Å². The molecule has 1 aliphatic heterocycles. The lowest BCUT2D eigenvalue weighted by molar-refractivity contribution is 0.111. The first-order valence-corrected chi connectivity index (χ1v) is 4.62. The SMILES string of the molecule is CC(C)N1C[C@H](N)CC[C@H]1C. The molecule has 0 aromatic rings. The molecule has 11 heavy (non-hydrogen) atoms. The summed E-state index contributed by atoms with van der Waals surface area (Å²) in [6, 6.07) is 1.79. The van der Waals surface area contributed by atoms with E-state index in [0.717, 1.165) is 12.6 Å². The van der Waals surface area contributed by atoms with Crippen molar-refractivity contribution in [3.8, 4) is 0 Å². The fraction of sp³-hybridized carbons (Fsp3) is 1.00. The zero-order chi connectivity index (χ0) is 8.43. The fourth-order valence-corrected chi connectivity index (χ4v) is 1.88. The van der Waals surface area contributed by atoms with Crippen molar-refractivity contribution < 1.29 is 0 Å². The van der Waals surface area contributed by atoms with E-state index in [0.29, 0.717) is 12.1 Å². The second kappa shape index (κ2) is 3.55. The number of rotatable bonds is 1. The molecule has 0 unspecified atom stereocenters. The van der Waals surface area contributed by atoms with Gasteiger partial charge in [-0.1, -0.05) is 0 Å². The topological polar surface area (TPSA) is 29.3 Å². The van der Waals surface area contributed by atoms with E-state index in [2.05, 4.69) is 25.7 Å². The highest BCUT2D eigenvalue weighted by atomic mass is 15.2. The quantitative estimate of drug-likeness (QED) is 0.618. The molecule has 0 radical (unpaired) electrons. The van der Waals surface area contributed by atoms with E-state index in [4.69, 9.17) is 5.73 Å². The molecule has 1 fully saturated rings. The van der Waals surface area contributed by atoms with Gasteiger partial charge in [-0.05, 0) is 33.6 Å². The van der Waals surface area contributed by atoms with Crippen LogP contribution in [0.1, 0.15) is 33.6 Å². The van der Waals surface area contributed by atoms with Crippen molar-refractivity contribution in [3.05, 3.63) is 0 Å². The maximum absolute atomic E-state index is 5.88. The summed E-state index contributed by atoms with van der Waals surface area (Å²) < 4.78 is 0. The lowest BCUT2D eigenvalue weighted by Gasteiger charge is -2.39. The van der Waals surface area contributed by atoms with Crippen LogP contribution in [0.15, 0.2) is 0 Å². The van der Waals surface area contributed by atoms with Crippen LogP contribution in [-0.2, 0) is 0 Å². The van der Waals surface area contributed by atoms with Gasteiger partial charge in [0.1, 0.15) is 0 Å². The summed E-state index contributed by atoms with van der Waals surface area (Å²) in [4.78, 5) is 2.49. The third-order valence-corrected chi connectivity index (χ3v) is 2.63. The van der Waals surface area contributed by atoms with Gasteiger partial charge >= 0.3 is 0 Å². The molecule has 1 heterocycles. The Balaban J connectivity index is 2.47. The molecule has 1 aliphatic rings. The normalized spacial score (nSPS) is 34.6. The minimum absolute atomic E-state index is 0.411. The molecule has 0 spiro atoms. The molecule has 1 saturated heterocycles. The minimum atomic E-state index is 0.411. The molecule has 0 aromatic carbocycles. The Morgan fingerprint density at radius 3 is 2.45 bits per heavy atom. The largest absolute Gasteiger partial charge is 0.327 e. The van der Waals surface area contributed by atoms with E-state index >= 15 is 0 Å². The van der Waals surface area contributed by atoms with Gasteiger partial charge in [-0.3, -0.25) is 4.90 Å². The van der Waals surface area contributed by atoms with Crippen LogP contribution < -0.4 is 5.73 Å². The fourth-order valence-electron chi connectivity index (χ4n) is 1.88. The first-order chi connectivity index (χ1) is 5.11.